The van der Waals surface area contributed by atoms with Crippen LogP contribution in [0.25, 0.3) is 32.7 Å². The number of methoxy groups -OCH3 is 2. The second kappa shape index (κ2) is 7.92. The van der Waals surface area contributed by atoms with Gasteiger partial charge in [0.1, 0.15) is 0 Å². The van der Waals surface area contributed by atoms with Crippen LogP contribution in [0.4, 0.5) is 0 Å². The summed E-state index contributed by atoms with van der Waals surface area (Å²) in [4.78, 5) is 25.6. The Balaban J connectivity index is 2.29. The normalized spacial score (nSPS) is 10.9. The molecule has 0 heterocycles. The number of halogens is 1. The standard InChI is InChI=1S/C25H19BrO4/c1-14-12-19(24(27)29-2)22(17-10-6-4-8-15(14)17)23-18-11-7-5-9-16(18)21(26)13-20(23)25(28)30-3/h4-13H,1-3H3. The van der Waals surface area contributed by atoms with Crippen LogP contribution in [0.2, 0.25) is 0 Å². The molecule has 0 bridgehead atoms. The summed E-state index contributed by atoms with van der Waals surface area (Å²) in [6, 6.07) is 19.2. The van der Waals surface area contributed by atoms with E-state index in [1.807, 2.05) is 61.5 Å². The van der Waals surface area contributed by atoms with Crippen molar-refractivity contribution in [2.75, 3.05) is 14.2 Å². The van der Waals surface area contributed by atoms with E-state index in [2.05, 4.69) is 15.9 Å². The third-order valence-corrected chi connectivity index (χ3v) is 5.96. The lowest BCUT2D eigenvalue weighted by atomic mass is 9.85. The molecular weight excluding hydrogens is 444 g/mol. The maximum Gasteiger partial charge on any atom is 0.338 e. The molecule has 4 nitrogen and oxygen atoms in total. The van der Waals surface area contributed by atoms with Crippen LogP contribution in [0.15, 0.2) is 65.1 Å². The van der Waals surface area contributed by atoms with Crippen LogP contribution in [0.3, 0.4) is 0 Å². The summed E-state index contributed by atoms with van der Waals surface area (Å²) in [5, 5.41) is 3.64. The largest absolute Gasteiger partial charge is 0.465 e. The SMILES string of the molecule is COC(=O)c1cc(C)c2ccccc2c1-c1c(C(=O)OC)cc(Br)c2ccccc12. The van der Waals surface area contributed by atoms with Crippen molar-refractivity contribution in [3.05, 3.63) is 81.8 Å². The molecule has 0 amide bonds. The summed E-state index contributed by atoms with van der Waals surface area (Å²) in [5.41, 5.74) is 3.05. The third-order valence-electron chi connectivity index (χ3n) is 5.31. The summed E-state index contributed by atoms with van der Waals surface area (Å²) < 4.78 is 11.0. The molecule has 4 aromatic rings. The Morgan fingerprint density at radius 3 is 1.67 bits per heavy atom. The van der Waals surface area contributed by atoms with Crippen molar-refractivity contribution in [1.82, 2.24) is 0 Å². The average Bonchev–Trinajstić information content (AvgIpc) is 2.78. The molecule has 4 aromatic carbocycles. The van der Waals surface area contributed by atoms with Crippen LogP contribution in [0.1, 0.15) is 26.3 Å². The van der Waals surface area contributed by atoms with Gasteiger partial charge >= 0.3 is 11.9 Å². The molecule has 4 rings (SSSR count). The van der Waals surface area contributed by atoms with E-state index in [1.165, 1.54) is 14.2 Å². The quantitative estimate of drug-likeness (QED) is 0.335. The van der Waals surface area contributed by atoms with Gasteiger partial charge in [-0.25, -0.2) is 9.59 Å². The Hall–Kier alpha value is -3.18. The summed E-state index contributed by atoms with van der Waals surface area (Å²) in [6.07, 6.45) is 0. The molecule has 0 aliphatic heterocycles. The first-order valence-corrected chi connectivity index (χ1v) is 10.2. The number of carbonyl (C=O) groups is 2. The maximum atomic E-state index is 12.8. The number of hydrogen-bond donors (Lipinski definition) is 0. The van der Waals surface area contributed by atoms with Gasteiger partial charge in [0.05, 0.1) is 25.3 Å². The van der Waals surface area contributed by atoms with Crippen molar-refractivity contribution in [2.45, 2.75) is 6.92 Å². The minimum absolute atomic E-state index is 0.377. The van der Waals surface area contributed by atoms with Crippen LogP contribution < -0.4 is 0 Å². The molecule has 0 saturated heterocycles. The molecule has 0 aliphatic carbocycles. The molecule has 150 valence electrons. The zero-order valence-electron chi connectivity index (χ0n) is 16.8. The fourth-order valence-electron chi connectivity index (χ4n) is 3.97. The van der Waals surface area contributed by atoms with Crippen molar-refractivity contribution >= 4 is 49.4 Å². The van der Waals surface area contributed by atoms with Crippen molar-refractivity contribution in [3.63, 3.8) is 0 Å². The monoisotopic (exact) mass is 462 g/mol. The van der Waals surface area contributed by atoms with E-state index in [4.69, 9.17) is 9.47 Å². The van der Waals surface area contributed by atoms with Gasteiger partial charge in [-0.3, -0.25) is 0 Å². The van der Waals surface area contributed by atoms with Gasteiger partial charge < -0.3 is 9.47 Å². The first-order chi connectivity index (χ1) is 14.5. The maximum absolute atomic E-state index is 12.8. The lowest BCUT2D eigenvalue weighted by molar-refractivity contribution is 0.0590. The lowest BCUT2D eigenvalue weighted by Crippen LogP contribution is -2.09. The molecule has 0 aromatic heterocycles. The van der Waals surface area contributed by atoms with E-state index in [9.17, 15) is 9.59 Å². The number of ether oxygens (including phenoxy) is 2. The first kappa shape index (κ1) is 20.1. The summed E-state index contributed by atoms with van der Waals surface area (Å²) >= 11 is 3.58. The van der Waals surface area contributed by atoms with E-state index in [1.54, 1.807) is 6.07 Å². The Bertz CT molecular complexity index is 1220. The molecule has 0 fully saturated rings. The fourth-order valence-corrected chi connectivity index (χ4v) is 4.54. The fraction of sp³-hybridized carbons (Fsp3) is 0.120. The van der Waals surface area contributed by atoms with Gasteiger partial charge in [0.25, 0.3) is 0 Å². The van der Waals surface area contributed by atoms with Crippen molar-refractivity contribution in [1.29, 1.82) is 0 Å². The molecule has 0 aliphatic rings. The molecule has 0 N–H and O–H groups in total. The number of aryl methyl sites for hydroxylation is 1. The predicted octanol–water partition coefficient (Wildman–Crippen LogP) is 6.30. The van der Waals surface area contributed by atoms with Crippen molar-refractivity contribution in [2.24, 2.45) is 0 Å². The minimum atomic E-state index is -0.475. The lowest BCUT2D eigenvalue weighted by Gasteiger charge is -2.19. The van der Waals surface area contributed by atoms with Gasteiger partial charge in [-0.2, -0.15) is 0 Å². The van der Waals surface area contributed by atoms with Gasteiger partial charge in [-0.05, 0) is 46.2 Å². The van der Waals surface area contributed by atoms with Gasteiger partial charge in [0, 0.05) is 15.6 Å². The van der Waals surface area contributed by atoms with E-state index >= 15 is 0 Å². The second-order valence-corrected chi connectivity index (χ2v) is 7.83. The van der Waals surface area contributed by atoms with E-state index < -0.39 is 11.9 Å². The average molecular weight is 463 g/mol. The van der Waals surface area contributed by atoms with Gasteiger partial charge in [-0.1, -0.05) is 64.5 Å². The second-order valence-electron chi connectivity index (χ2n) is 6.97. The zero-order chi connectivity index (χ0) is 21.4. The summed E-state index contributed by atoms with van der Waals surface area (Å²) in [7, 11) is 2.71. The highest BCUT2D eigenvalue weighted by atomic mass is 79.9. The van der Waals surface area contributed by atoms with Crippen LogP contribution in [0.5, 0.6) is 0 Å². The highest BCUT2D eigenvalue weighted by molar-refractivity contribution is 9.10. The molecule has 5 heteroatoms. The zero-order valence-corrected chi connectivity index (χ0v) is 18.4. The minimum Gasteiger partial charge on any atom is -0.465 e. The number of benzene rings is 4. The molecule has 0 atom stereocenters. The predicted molar refractivity (Wildman–Crippen MR) is 122 cm³/mol. The smallest absolute Gasteiger partial charge is 0.338 e. The number of hydrogen-bond acceptors (Lipinski definition) is 4. The molecule has 0 radical (unpaired) electrons. The first-order valence-electron chi connectivity index (χ1n) is 9.38. The van der Waals surface area contributed by atoms with Gasteiger partial charge in [0.15, 0.2) is 0 Å². The van der Waals surface area contributed by atoms with Crippen molar-refractivity contribution < 1.29 is 19.1 Å². The Kier molecular flexibility index (Phi) is 5.31. The van der Waals surface area contributed by atoms with E-state index in [0.717, 1.165) is 31.6 Å². The highest BCUT2D eigenvalue weighted by Gasteiger charge is 2.25. The third kappa shape index (κ3) is 3.15. The van der Waals surface area contributed by atoms with Crippen molar-refractivity contribution in [3.8, 4) is 11.1 Å². The molecule has 30 heavy (non-hydrogen) atoms. The molecule has 0 saturated carbocycles. The molecule has 0 unspecified atom stereocenters. The van der Waals surface area contributed by atoms with Gasteiger partial charge in [0.2, 0.25) is 0 Å². The number of rotatable bonds is 3. The summed E-state index contributed by atoms with van der Waals surface area (Å²) in [6.45, 7) is 1.96. The Labute approximate surface area is 182 Å². The topological polar surface area (TPSA) is 52.6 Å². The molecular formula is C25H19BrO4. The van der Waals surface area contributed by atoms with E-state index in [-0.39, 0.29) is 0 Å². The summed E-state index contributed by atoms with van der Waals surface area (Å²) in [5.74, 6) is -0.932. The van der Waals surface area contributed by atoms with Crippen LogP contribution >= 0.6 is 15.9 Å². The van der Waals surface area contributed by atoms with Crippen LogP contribution in [-0.4, -0.2) is 26.2 Å². The van der Waals surface area contributed by atoms with Gasteiger partial charge in [-0.15, -0.1) is 0 Å². The van der Waals surface area contributed by atoms with Crippen LogP contribution in [-0.2, 0) is 9.47 Å². The highest BCUT2D eigenvalue weighted by Crippen LogP contribution is 2.42. The molecule has 0 spiro atoms. The van der Waals surface area contributed by atoms with E-state index in [0.29, 0.717) is 22.3 Å². The number of carbonyl (C=O) groups excluding carboxylic acids is 2. The number of esters is 2. The number of fused-ring (bicyclic) bond motifs is 2. The Morgan fingerprint density at radius 1 is 0.700 bits per heavy atom. The Morgan fingerprint density at radius 2 is 1.13 bits per heavy atom. The van der Waals surface area contributed by atoms with Crippen LogP contribution in [0, 0.1) is 6.92 Å².